The average Bonchev–Trinajstić information content (AvgIpc) is 1.64. The van der Waals surface area contributed by atoms with E-state index in [9.17, 15) is 42.0 Å². The number of carbonyl (C=O) groups is 6. The molecule has 3 amide bonds. The standard InChI is InChI=1S/C74H103N11O17S/c1-47-35-67(90)101-65-38-55(21-22-62(47)65)79-71(92)54(17-12-13-24-76-66(89)43-73(7,8)9)37-58(88)44-78-70(91)53(18-14-25-77-72(75)83-103(93,94)69-49(3)48(2)68-64(50(69)4)42-74(10,11)102-68)36-57(87)23-29-95-31-33-97-34-32-96-30-26-85-45-56(82-84-85)19-15-27-98-59-39-60(41-61(40-59)100-46-86)99-28-16-20-63-51(5)80-81-52(63)6/h21-22,35,38-41,45-46,53-54H,12-20,23-34,36-37,42-44H2,1-11H3,(H,76,89)(H,78,91)(H,79,92)(H,80,81)(H3,75,77,83). The van der Waals surface area contributed by atoms with Gasteiger partial charge >= 0.3 is 5.63 Å². The van der Waals surface area contributed by atoms with Crippen LogP contribution in [0.3, 0.4) is 0 Å². The zero-order chi connectivity index (χ0) is 74.9. The van der Waals surface area contributed by atoms with E-state index in [1.165, 1.54) is 11.6 Å². The number of hydrogen-bond acceptors (Lipinski definition) is 21. The van der Waals surface area contributed by atoms with Crippen molar-refractivity contribution in [2.24, 2.45) is 28.0 Å². The van der Waals surface area contributed by atoms with E-state index in [-0.39, 0.29) is 105 Å². The molecule has 0 spiro atoms. The first-order valence-electron chi connectivity index (χ1n) is 35.2. The number of anilines is 1. The minimum atomic E-state index is -4.20. The van der Waals surface area contributed by atoms with Gasteiger partial charge in [-0.15, -0.1) is 5.10 Å². The number of H-pyrrole nitrogens is 1. The summed E-state index contributed by atoms with van der Waals surface area (Å²) >= 11 is 0. The van der Waals surface area contributed by atoms with Gasteiger partial charge in [-0.05, 0) is 152 Å². The van der Waals surface area contributed by atoms with E-state index < -0.39 is 57.2 Å². The summed E-state index contributed by atoms with van der Waals surface area (Å²) in [6, 6.07) is 11.3. The Morgan fingerprint density at radius 1 is 0.777 bits per heavy atom. The van der Waals surface area contributed by atoms with E-state index >= 15 is 0 Å². The molecular formula is C74H103N11O17S. The SMILES string of the molecule is Cc1n[nH]c(C)c1CCCOc1cc(OC=O)cc(OCCCc2cn(CCOCCOCCOCCC(=O)CC(CCCN=C(N)NS(=O)(=O)c3c(C)c(C)c4c(c3C)CC(C)(C)O4)C(=O)NCC(=O)CC(CCCCNC(=O)CC(C)(C)C)C(=O)Nc3ccc4c(C)cc(=O)oc4c3)nn2)c1. The molecule has 2 unspecified atom stereocenters. The van der Waals surface area contributed by atoms with Crippen LogP contribution in [0.1, 0.15) is 156 Å². The quantitative estimate of drug-likeness (QED) is 0.00687. The smallest absolute Gasteiger partial charge is 0.336 e. The van der Waals surface area contributed by atoms with Gasteiger partial charge in [0.25, 0.3) is 16.5 Å². The Hall–Kier alpha value is -9.06. The summed E-state index contributed by atoms with van der Waals surface area (Å²) in [5.74, 6) is -2.01. The molecule has 2 atom stereocenters. The Bertz CT molecular complexity index is 4080. The molecule has 0 bridgehead atoms. The second kappa shape index (κ2) is 39.0. The molecule has 6 aromatic rings. The number of nitrogens with one attached hydrogen (secondary N) is 5. The summed E-state index contributed by atoms with van der Waals surface area (Å²) in [7, 11) is -4.20. The van der Waals surface area contributed by atoms with E-state index in [1.807, 2.05) is 61.6 Å². The summed E-state index contributed by atoms with van der Waals surface area (Å²) in [6.07, 6.45) is 6.66. The van der Waals surface area contributed by atoms with Gasteiger partial charge in [-0.2, -0.15) is 5.10 Å². The lowest BCUT2D eigenvalue weighted by molar-refractivity contribution is -0.132. The predicted molar refractivity (Wildman–Crippen MR) is 387 cm³/mol. The number of guanidine groups is 1. The number of aliphatic imine (C=N–C) groups is 1. The molecule has 28 nitrogen and oxygen atoms in total. The molecule has 562 valence electrons. The highest BCUT2D eigenvalue weighted by Crippen LogP contribution is 2.44. The van der Waals surface area contributed by atoms with Crippen molar-refractivity contribution < 1.29 is 74.8 Å². The van der Waals surface area contributed by atoms with Crippen LogP contribution in [-0.4, -0.2) is 153 Å². The highest BCUT2D eigenvalue weighted by molar-refractivity contribution is 7.90. The van der Waals surface area contributed by atoms with Gasteiger partial charge in [-0.25, -0.2) is 22.6 Å². The Morgan fingerprint density at radius 3 is 2.13 bits per heavy atom. The fourth-order valence-electron chi connectivity index (χ4n) is 12.2. The van der Waals surface area contributed by atoms with Crippen LogP contribution < -0.4 is 51.0 Å². The topological polar surface area (TPSA) is 377 Å². The number of amides is 3. The van der Waals surface area contributed by atoms with Crippen LogP contribution in [0, 0.1) is 58.8 Å². The Labute approximate surface area is 602 Å². The summed E-state index contributed by atoms with van der Waals surface area (Å²) in [6.45, 7) is 23.8. The molecule has 3 aromatic heterocycles. The number of hydrogen-bond donors (Lipinski definition) is 6. The number of carbonyl (C=O) groups excluding carboxylic acids is 6. The van der Waals surface area contributed by atoms with Crippen molar-refractivity contribution >= 4 is 68.4 Å². The van der Waals surface area contributed by atoms with Crippen LogP contribution in [-0.2, 0) is 78.8 Å². The minimum Gasteiger partial charge on any atom is -0.493 e. The molecular weight excluding hydrogens is 1350 g/mol. The van der Waals surface area contributed by atoms with Crippen molar-refractivity contribution in [3.8, 4) is 23.0 Å². The fraction of sp³-hybridized carbons (Fsp3) is 0.554. The van der Waals surface area contributed by atoms with Gasteiger partial charge in [0, 0.05) is 116 Å². The molecule has 7 rings (SSSR count). The third kappa shape index (κ3) is 26.3. The summed E-state index contributed by atoms with van der Waals surface area (Å²) in [4.78, 5) is 95.6. The van der Waals surface area contributed by atoms with Crippen LogP contribution >= 0.6 is 0 Å². The molecule has 1 aliphatic heterocycles. The Balaban J connectivity index is 0.851. The molecule has 0 aliphatic carbocycles. The number of fused-ring (bicyclic) bond motifs is 2. The number of aromatic nitrogens is 5. The second-order valence-electron chi connectivity index (χ2n) is 27.9. The van der Waals surface area contributed by atoms with Crippen molar-refractivity contribution in [2.45, 2.75) is 183 Å². The second-order valence-corrected chi connectivity index (χ2v) is 29.5. The lowest BCUT2D eigenvalue weighted by Crippen LogP contribution is -2.38. The lowest BCUT2D eigenvalue weighted by atomic mass is 9.92. The van der Waals surface area contributed by atoms with E-state index in [0.29, 0.717) is 141 Å². The van der Waals surface area contributed by atoms with Gasteiger partial charge < -0.3 is 59.3 Å². The van der Waals surface area contributed by atoms with Crippen molar-refractivity contribution in [2.75, 3.05) is 77.8 Å². The number of sulfonamides is 1. The number of Topliss-reactive ketones (excluding diaryl/α,β-unsaturated/α-hetero) is 2. The highest BCUT2D eigenvalue weighted by atomic mass is 32.2. The maximum Gasteiger partial charge on any atom is 0.336 e. The van der Waals surface area contributed by atoms with E-state index in [1.54, 1.807) is 61.9 Å². The highest BCUT2D eigenvalue weighted by Gasteiger charge is 2.37. The molecule has 7 N–H and O–H groups in total. The third-order valence-corrected chi connectivity index (χ3v) is 19.1. The number of aryl methyl sites for hydroxylation is 4. The number of ketones is 2. The Morgan fingerprint density at radius 2 is 1.44 bits per heavy atom. The van der Waals surface area contributed by atoms with Gasteiger partial charge in [0.05, 0.1) is 82.2 Å². The first-order chi connectivity index (χ1) is 49.0. The van der Waals surface area contributed by atoms with Gasteiger partial charge in [0.2, 0.25) is 23.7 Å². The van der Waals surface area contributed by atoms with Crippen LogP contribution in [0.15, 0.2) is 67.8 Å². The maximum absolute atomic E-state index is 14.0. The molecule has 3 aromatic carbocycles. The number of nitrogens with zero attached hydrogens (tertiary/aromatic N) is 5. The molecule has 0 saturated carbocycles. The normalized spacial score (nSPS) is 13.4. The lowest BCUT2D eigenvalue weighted by Gasteiger charge is -2.19. The number of ether oxygens (including phenoxy) is 7. The van der Waals surface area contributed by atoms with Crippen molar-refractivity contribution in [1.29, 1.82) is 0 Å². The van der Waals surface area contributed by atoms with Gasteiger partial charge in [0.1, 0.15) is 40.0 Å². The summed E-state index contributed by atoms with van der Waals surface area (Å²) < 4.78 is 77.7. The van der Waals surface area contributed by atoms with Crippen LogP contribution in [0.4, 0.5) is 5.69 Å². The van der Waals surface area contributed by atoms with E-state index in [2.05, 4.69) is 46.2 Å². The molecule has 29 heteroatoms. The minimum absolute atomic E-state index is 0.0164. The van der Waals surface area contributed by atoms with Crippen molar-refractivity contribution in [3.63, 3.8) is 0 Å². The summed E-state index contributed by atoms with van der Waals surface area (Å²) in [5, 5.41) is 24.9. The van der Waals surface area contributed by atoms with Crippen molar-refractivity contribution in [1.82, 2.24) is 40.5 Å². The number of benzene rings is 3. The fourth-order valence-corrected chi connectivity index (χ4v) is 13.7. The van der Waals surface area contributed by atoms with E-state index in [4.69, 9.17) is 43.3 Å². The number of aromatic amines is 1. The monoisotopic (exact) mass is 1450 g/mol. The average molecular weight is 1450 g/mol. The van der Waals surface area contributed by atoms with Crippen LogP contribution in [0.25, 0.3) is 11.0 Å². The maximum atomic E-state index is 14.0. The predicted octanol–water partition coefficient (Wildman–Crippen LogP) is 8.37. The van der Waals surface area contributed by atoms with Gasteiger partial charge in [0.15, 0.2) is 5.78 Å². The largest absolute Gasteiger partial charge is 0.493 e. The number of unbranched alkanes of at least 4 members (excludes halogenated alkanes) is 1. The first-order valence-corrected chi connectivity index (χ1v) is 36.7. The van der Waals surface area contributed by atoms with Gasteiger partial charge in [-0.3, -0.25) is 38.9 Å². The number of nitrogens with two attached hydrogens (primary N) is 1. The number of rotatable bonds is 45. The molecule has 4 heterocycles. The molecule has 0 saturated heterocycles. The Kier molecular flexibility index (Phi) is 30.8. The van der Waals surface area contributed by atoms with Gasteiger partial charge in [-0.1, -0.05) is 32.4 Å². The molecule has 103 heavy (non-hydrogen) atoms. The van der Waals surface area contributed by atoms with Crippen molar-refractivity contribution in [3.05, 3.63) is 110 Å². The first kappa shape index (κ1) is 81.2. The third-order valence-electron chi connectivity index (χ3n) is 17.5. The zero-order valence-electron chi connectivity index (χ0n) is 61.4. The molecule has 0 radical (unpaired) electrons. The zero-order valence-corrected chi connectivity index (χ0v) is 62.2. The van der Waals surface area contributed by atoms with Crippen LogP contribution in [0.2, 0.25) is 0 Å². The molecule has 1 aliphatic rings. The molecule has 0 fully saturated rings. The summed E-state index contributed by atoms with van der Waals surface area (Å²) in [5.41, 5.74) is 12.9. The van der Waals surface area contributed by atoms with Crippen LogP contribution in [0.5, 0.6) is 23.0 Å². The van der Waals surface area contributed by atoms with E-state index in [0.717, 1.165) is 35.5 Å².